The number of nitrogens with one attached hydrogen (secondary N) is 4. The van der Waals surface area contributed by atoms with Gasteiger partial charge >= 0.3 is 0 Å². The first-order valence-corrected chi connectivity index (χ1v) is 12.2. The van der Waals surface area contributed by atoms with Gasteiger partial charge in [0.25, 0.3) is 5.91 Å². The molecular formula is C27H28N6O3. The summed E-state index contributed by atoms with van der Waals surface area (Å²) in [7, 11) is 1.61. The average molecular weight is 485 g/mol. The topological polar surface area (TPSA) is 115 Å². The van der Waals surface area contributed by atoms with Crippen LogP contribution >= 0.6 is 0 Å². The second-order valence-corrected chi connectivity index (χ2v) is 9.49. The molecular weight excluding hydrogens is 456 g/mol. The van der Waals surface area contributed by atoms with Gasteiger partial charge in [-0.2, -0.15) is 5.10 Å². The Morgan fingerprint density at radius 1 is 1.19 bits per heavy atom. The van der Waals surface area contributed by atoms with Crippen LogP contribution in [0.4, 0.5) is 5.69 Å². The van der Waals surface area contributed by atoms with E-state index >= 15 is 0 Å². The van der Waals surface area contributed by atoms with E-state index in [4.69, 9.17) is 4.74 Å². The van der Waals surface area contributed by atoms with E-state index in [1.807, 2.05) is 36.4 Å². The van der Waals surface area contributed by atoms with Crippen molar-refractivity contribution in [2.75, 3.05) is 25.5 Å². The molecule has 0 fully saturated rings. The van der Waals surface area contributed by atoms with Gasteiger partial charge in [0.1, 0.15) is 6.04 Å². The molecule has 0 radical (unpaired) electrons. The number of fused-ring (bicyclic) bond motifs is 4. The summed E-state index contributed by atoms with van der Waals surface area (Å²) < 4.78 is 5.94. The predicted molar refractivity (Wildman–Crippen MR) is 137 cm³/mol. The van der Waals surface area contributed by atoms with Crippen molar-refractivity contribution in [3.63, 3.8) is 0 Å². The minimum absolute atomic E-state index is 0.0826. The average Bonchev–Trinajstić information content (AvgIpc) is 3.61. The highest BCUT2D eigenvalue weighted by molar-refractivity contribution is 5.98. The second-order valence-electron chi connectivity index (χ2n) is 9.49. The van der Waals surface area contributed by atoms with Crippen LogP contribution in [0.15, 0.2) is 60.0 Å². The van der Waals surface area contributed by atoms with Gasteiger partial charge in [-0.1, -0.05) is 25.1 Å². The normalized spacial score (nSPS) is 19.4. The lowest BCUT2D eigenvalue weighted by molar-refractivity contribution is -0.141. The summed E-state index contributed by atoms with van der Waals surface area (Å²) in [5.74, 6) is -0.0122. The van der Waals surface area contributed by atoms with Gasteiger partial charge in [-0.25, -0.2) is 0 Å². The minimum Gasteiger partial charge on any atom is -0.487 e. The number of benzene rings is 2. The van der Waals surface area contributed by atoms with Crippen LogP contribution in [0.25, 0.3) is 21.8 Å². The summed E-state index contributed by atoms with van der Waals surface area (Å²) in [4.78, 5) is 31.9. The number of carbonyl (C=O) groups excluding carboxylic acids is 2. The number of likely N-dealkylation sites (N-methyl/N-ethyl adjacent to an activating group) is 1. The molecule has 184 valence electrons. The van der Waals surface area contributed by atoms with Gasteiger partial charge in [0.2, 0.25) is 5.91 Å². The zero-order valence-electron chi connectivity index (χ0n) is 20.2. The SMILES string of the molecule is CNC(=O)[C@H]1Cc2c([nH]c3ccccc23)CN1C(=O)C1=C(CNc2ccc3cn[nH]c3c2)C(C)CO1. The van der Waals surface area contributed by atoms with Gasteiger partial charge in [0, 0.05) is 59.2 Å². The lowest BCUT2D eigenvalue weighted by Crippen LogP contribution is -2.52. The van der Waals surface area contributed by atoms with Crippen molar-refractivity contribution >= 4 is 39.3 Å². The molecule has 0 saturated heterocycles. The number of aromatic amines is 2. The van der Waals surface area contributed by atoms with Gasteiger partial charge in [-0.15, -0.1) is 0 Å². The molecule has 2 aromatic heterocycles. The number of rotatable bonds is 5. The maximum atomic E-state index is 13.9. The van der Waals surface area contributed by atoms with E-state index in [2.05, 4.69) is 38.8 Å². The summed E-state index contributed by atoms with van der Waals surface area (Å²) >= 11 is 0. The molecule has 9 heteroatoms. The number of hydrogen-bond acceptors (Lipinski definition) is 5. The highest BCUT2D eigenvalue weighted by Crippen LogP contribution is 2.34. The lowest BCUT2D eigenvalue weighted by atomic mass is 9.95. The highest BCUT2D eigenvalue weighted by atomic mass is 16.5. The van der Waals surface area contributed by atoms with E-state index in [1.165, 1.54) is 0 Å². The molecule has 0 bridgehead atoms. The van der Waals surface area contributed by atoms with Crippen LogP contribution in [0.1, 0.15) is 18.2 Å². The second kappa shape index (κ2) is 8.75. The fraction of sp³-hybridized carbons (Fsp3) is 0.296. The number of para-hydroxylation sites is 1. The molecule has 1 unspecified atom stereocenters. The van der Waals surface area contributed by atoms with Crippen LogP contribution in [-0.4, -0.2) is 58.1 Å². The Hall–Kier alpha value is -4.27. The third-order valence-corrected chi connectivity index (χ3v) is 7.30. The maximum Gasteiger partial charge on any atom is 0.290 e. The predicted octanol–water partition coefficient (Wildman–Crippen LogP) is 3.08. The van der Waals surface area contributed by atoms with Crippen molar-refractivity contribution in [1.29, 1.82) is 0 Å². The van der Waals surface area contributed by atoms with Crippen molar-refractivity contribution in [2.24, 2.45) is 5.92 Å². The third kappa shape index (κ3) is 3.67. The summed E-state index contributed by atoms with van der Waals surface area (Å²) in [6.07, 6.45) is 2.23. The van der Waals surface area contributed by atoms with Crippen LogP contribution in [-0.2, 0) is 27.3 Å². The number of amides is 2. The number of hydrogen-bond donors (Lipinski definition) is 4. The van der Waals surface area contributed by atoms with E-state index in [9.17, 15) is 9.59 Å². The van der Waals surface area contributed by atoms with E-state index in [-0.39, 0.29) is 17.7 Å². The zero-order valence-corrected chi connectivity index (χ0v) is 20.2. The Labute approximate surface area is 207 Å². The highest BCUT2D eigenvalue weighted by Gasteiger charge is 2.40. The van der Waals surface area contributed by atoms with E-state index in [0.29, 0.717) is 31.9 Å². The molecule has 36 heavy (non-hydrogen) atoms. The number of anilines is 1. The van der Waals surface area contributed by atoms with Crippen molar-refractivity contribution in [1.82, 2.24) is 25.4 Å². The van der Waals surface area contributed by atoms with Gasteiger partial charge in [-0.05, 0) is 29.8 Å². The molecule has 2 aliphatic rings. The molecule has 6 rings (SSSR count). The summed E-state index contributed by atoms with van der Waals surface area (Å²) in [5.41, 5.74) is 5.84. The van der Waals surface area contributed by atoms with E-state index in [0.717, 1.165) is 44.3 Å². The van der Waals surface area contributed by atoms with Crippen molar-refractivity contribution in [3.05, 3.63) is 71.3 Å². The third-order valence-electron chi connectivity index (χ3n) is 7.30. The molecule has 2 atom stereocenters. The van der Waals surface area contributed by atoms with E-state index < -0.39 is 6.04 Å². The van der Waals surface area contributed by atoms with Crippen LogP contribution in [0.2, 0.25) is 0 Å². The number of aromatic nitrogens is 3. The molecule has 0 aliphatic carbocycles. The molecule has 0 spiro atoms. The Kier molecular flexibility index (Phi) is 5.40. The Morgan fingerprint density at radius 3 is 2.92 bits per heavy atom. The number of H-pyrrole nitrogens is 2. The van der Waals surface area contributed by atoms with Crippen LogP contribution in [0.3, 0.4) is 0 Å². The fourth-order valence-corrected chi connectivity index (χ4v) is 5.28. The Balaban J connectivity index is 1.30. The summed E-state index contributed by atoms with van der Waals surface area (Å²) in [6, 6.07) is 13.4. The zero-order chi connectivity index (χ0) is 24.8. The monoisotopic (exact) mass is 484 g/mol. The molecule has 4 N–H and O–H groups in total. The Bertz CT molecular complexity index is 1520. The van der Waals surface area contributed by atoms with Crippen molar-refractivity contribution < 1.29 is 14.3 Å². The van der Waals surface area contributed by atoms with Gasteiger partial charge in [0.05, 0.1) is 24.9 Å². The number of nitrogens with zero attached hydrogens (tertiary/aromatic N) is 2. The quantitative estimate of drug-likeness (QED) is 0.348. The molecule has 9 nitrogen and oxygen atoms in total. The number of carbonyl (C=O) groups is 2. The maximum absolute atomic E-state index is 13.9. The van der Waals surface area contributed by atoms with Crippen LogP contribution in [0, 0.1) is 5.92 Å². The first kappa shape index (κ1) is 22.2. The van der Waals surface area contributed by atoms with Crippen molar-refractivity contribution in [2.45, 2.75) is 25.9 Å². The number of ether oxygens (including phenoxy) is 1. The minimum atomic E-state index is -0.613. The largest absolute Gasteiger partial charge is 0.487 e. The van der Waals surface area contributed by atoms with Crippen LogP contribution < -0.4 is 10.6 Å². The Morgan fingerprint density at radius 2 is 2.06 bits per heavy atom. The molecule has 0 saturated carbocycles. The molecule has 4 heterocycles. The molecule has 2 aromatic carbocycles. The standard InChI is InChI=1S/C27H28N6O3/c1-15-14-36-25(20(15)12-29-17-8-7-16-11-30-32-22(16)9-17)27(35)33-13-23-19(10-24(33)26(34)28-2)18-5-3-4-6-21(18)31-23/h3-9,11,15,24,29,31H,10,12-14H2,1-2H3,(H,28,34)(H,30,32)/t15?,24-/m1/s1. The van der Waals surface area contributed by atoms with Gasteiger partial charge in [0.15, 0.2) is 5.76 Å². The summed E-state index contributed by atoms with van der Waals surface area (Å²) in [5, 5.41) is 15.3. The first-order valence-electron chi connectivity index (χ1n) is 12.2. The van der Waals surface area contributed by atoms with Crippen LogP contribution in [0.5, 0.6) is 0 Å². The molecule has 2 amide bonds. The molecule has 4 aromatic rings. The molecule has 2 aliphatic heterocycles. The lowest BCUT2D eigenvalue weighted by Gasteiger charge is -2.34. The van der Waals surface area contributed by atoms with Gasteiger partial charge < -0.3 is 25.3 Å². The van der Waals surface area contributed by atoms with E-state index in [1.54, 1.807) is 18.1 Å². The fourth-order valence-electron chi connectivity index (χ4n) is 5.28. The smallest absolute Gasteiger partial charge is 0.290 e. The summed E-state index contributed by atoms with van der Waals surface area (Å²) in [6.45, 7) is 3.28. The first-order chi connectivity index (χ1) is 17.5. The van der Waals surface area contributed by atoms with Crippen molar-refractivity contribution in [3.8, 4) is 0 Å². The van der Waals surface area contributed by atoms with Gasteiger partial charge in [-0.3, -0.25) is 14.7 Å².